The summed E-state index contributed by atoms with van der Waals surface area (Å²) >= 11 is 1.21. The predicted octanol–water partition coefficient (Wildman–Crippen LogP) is 3.41. The Morgan fingerprint density at radius 1 is 1.15 bits per heavy atom. The topological polar surface area (TPSA) is 97.0 Å². The van der Waals surface area contributed by atoms with E-state index in [1.165, 1.54) is 18.7 Å². The molecule has 138 valence electrons. The van der Waals surface area contributed by atoms with E-state index in [9.17, 15) is 9.59 Å². The van der Waals surface area contributed by atoms with Crippen molar-refractivity contribution < 1.29 is 14.3 Å². The zero-order valence-corrected chi connectivity index (χ0v) is 15.7. The Hall–Kier alpha value is -3.13. The lowest BCUT2D eigenvalue weighted by atomic mass is 10.1. The summed E-state index contributed by atoms with van der Waals surface area (Å²) in [5, 5.41) is 10.2. The second-order valence-corrected chi connectivity index (χ2v) is 6.58. The molecule has 0 bridgehead atoms. The number of amides is 1. The quantitative estimate of drug-likeness (QED) is 0.480. The number of carbonyl (C=O) groups excluding carboxylic acids is 2. The first-order valence-corrected chi connectivity index (χ1v) is 9.15. The van der Waals surface area contributed by atoms with Gasteiger partial charge in [0.1, 0.15) is 5.75 Å². The predicted molar refractivity (Wildman–Crippen MR) is 104 cm³/mol. The molecule has 8 heteroatoms. The second kappa shape index (κ2) is 8.50. The van der Waals surface area contributed by atoms with Gasteiger partial charge in [-0.25, -0.2) is 4.98 Å². The molecule has 0 unspecified atom stereocenters. The summed E-state index contributed by atoms with van der Waals surface area (Å²) in [6, 6.07) is 14.3. The lowest BCUT2D eigenvalue weighted by Gasteiger charge is -2.08. The molecule has 1 aromatic heterocycles. The molecule has 0 saturated heterocycles. The van der Waals surface area contributed by atoms with Crippen LogP contribution in [0.15, 0.2) is 53.7 Å². The van der Waals surface area contributed by atoms with Gasteiger partial charge in [-0.1, -0.05) is 23.9 Å². The number of anilines is 1. The molecule has 27 heavy (non-hydrogen) atoms. The normalized spacial score (nSPS) is 10.4. The second-order valence-electron chi connectivity index (χ2n) is 5.63. The number of nitrogens with zero attached hydrogens (tertiary/aromatic N) is 2. The van der Waals surface area contributed by atoms with E-state index in [1.807, 2.05) is 24.3 Å². The van der Waals surface area contributed by atoms with Crippen LogP contribution in [0.3, 0.4) is 0 Å². The van der Waals surface area contributed by atoms with Crippen LogP contribution < -0.4 is 10.1 Å². The number of hydrogen-bond acceptors (Lipinski definition) is 6. The average molecular weight is 382 g/mol. The number of ketones is 1. The van der Waals surface area contributed by atoms with E-state index in [2.05, 4.69) is 20.5 Å². The fourth-order valence-corrected chi connectivity index (χ4v) is 3.00. The smallest absolute Gasteiger partial charge is 0.234 e. The van der Waals surface area contributed by atoms with Crippen LogP contribution in [-0.2, 0) is 4.79 Å². The van der Waals surface area contributed by atoms with Gasteiger partial charge in [-0.3, -0.25) is 14.7 Å². The van der Waals surface area contributed by atoms with Crippen LogP contribution in [-0.4, -0.2) is 39.7 Å². The molecular weight excluding hydrogens is 364 g/mol. The molecule has 0 radical (unpaired) electrons. The van der Waals surface area contributed by atoms with E-state index < -0.39 is 0 Å². The van der Waals surface area contributed by atoms with Crippen LogP contribution in [0.1, 0.15) is 17.3 Å². The van der Waals surface area contributed by atoms with Crippen LogP contribution in [0.2, 0.25) is 0 Å². The molecule has 0 spiro atoms. The molecule has 3 rings (SSSR count). The van der Waals surface area contributed by atoms with Gasteiger partial charge in [0.15, 0.2) is 11.6 Å². The lowest BCUT2D eigenvalue weighted by Crippen LogP contribution is -2.16. The molecule has 0 fully saturated rings. The van der Waals surface area contributed by atoms with Crippen molar-refractivity contribution >= 4 is 29.1 Å². The van der Waals surface area contributed by atoms with Crippen molar-refractivity contribution in [3.63, 3.8) is 0 Å². The fraction of sp³-hybridized carbons (Fsp3) is 0.158. The van der Waals surface area contributed by atoms with Crippen molar-refractivity contribution in [3.8, 4) is 17.1 Å². The number of H-pyrrole nitrogens is 1. The summed E-state index contributed by atoms with van der Waals surface area (Å²) in [6.07, 6.45) is 0. The molecule has 2 aromatic carbocycles. The highest BCUT2D eigenvalue weighted by atomic mass is 32.2. The molecule has 0 atom stereocenters. The highest BCUT2D eigenvalue weighted by Gasteiger charge is 2.12. The standard InChI is InChI=1S/C19H18N4O3S/c1-12(24)15-5-3-4-6-16(15)20-17(25)11-27-19-21-18(22-23-19)13-7-9-14(26-2)10-8-13/h3-10H,11H2,1-2H3,(H,20,25)(H,21,22,23). The van der Waals surface area contributed by atoms with Gasteiger partial charge in [0.25, 0.3) is 0 Å². The Morgan fingerprint density at radius 3 is 2.59 bits per heavy atom. The van der Waals surface area contributed by atoms with Gasteiger partial charge < -0.3 is 10.1 Å². The Bertz CT molecular complexity index is 954. The third-order valence-electron chi connectivity index (χ3n) is 3.74. The number of methoxy groups -OCH3 is 1. The summed E-state index contributed by atoms with van der Waals surface area (Å²) in [6.45, 7) is 1.47. The zero-order valence-electron chi connectivity index (χ0n) is 14.9. The van der Waals surface area contributed by atoms with Gasteiger partial charge in [0, 0.05) is 11.1 Å². The summed E-state index contributed by atoms with van der Waals surface area (Å²) in [5.74, 6) is 1.17. The molecule has 0 aliphatic rings. The van der Waals surface area contributed by atoms with Crippen LogP contribution in [0, 0.1) is 0 Å². The molecule has 7 nitrogen and oxygen atoms in total. The highest BCUT2D eigenvalue weighted by molar-refractivity contribution is 7.99. The third-order valence-corrected chi connectivity index (χ3v) is 4.59. The maximum atomic E-state index is 12.2. The molecule has 3 aromatic rings. The van der Waals surface area contributed by atoms with Gasteiger partial charge in [0.05, 0.1) is 18.6 Å². The molecule has 2 N–H and O–H groups in total. The largest absolute Gasteiger partial charge is 0.497 e. The summed E-state index contributed by atoms with van der Waals surface area (Å²) < 4.78 is 5.13. The van der Waals surface area contributed by atoms with E-state index in [-0.39, 0.29) is 17.4 Å². The molecule has 0 saturated carbocycles. The van der Waals surface area contributed by atoms with Gasteiger partial charge in [-0.05, 0) is 43.3 Å². The summed E-state index contributed by atoms with van der Waals surface area (Å²) in [7, 11) is 1.61. The van der Waals surface area contributed by atoms with Crippen LogP contribution in [0.5, 0.6) is 5.75 Å². The number of aromatic nitrogens is 3. The number of Topliss-reactive ketones (excluding diaryl/α,β-unsaturated/α-hetero) is 1. The molecule has 1 amide bonds. The number of hydrogen-bond donors (Lipinski definition) is 2. The molecule has 0 aliphatic heterocycles. The minimum absolute atomic E-state index is 0.100. The number of para-hydroxylation sites is 1. The SMILES string of the molecule is COc1ccc(-c2nc(SCC(=O)Nc3ccccc3C(C)=O)n[nH]2)cc1. The van der Waals surface area contributed by atoms with Crippen molar-refractivity contribution in [2.24, 2.45) is 0 Å². The molecule has 0 aliphatic carbocycles. The minimum Gasteiger partial charge on any atom is -0.497 e. The van der Waals surface area contributed by atoms with Crippen LogP contribution in [0.25, 0.3) is 11.4 Å². The Morgan fingerprint density at radius 2 is 1.89 bits per heavy atom. The third kappa shape index (κ3) is 4.73. The fourth-order valence-electron chi connectivity index (χ4n) is 2.40. The Balaban J connectivity index is 1.60. The number of rotatable bonds is 7. The highest BCUT2D eigenvalue weighted by Crippen LogP contribution is 2.22. The number of benzene rings is 2. The Kier molecular flexibility index (Phi) is 5.87. The van der Waals surface area contributed by atoms with Crippen LogP contribution >= 0.6 is 11.8 Å². The van der Waals surface area contributed by atoms with Crippen molar-refractivity contribution in [3.05, 3.63) is 54.1 Å². The van der Waals surface area contributed by atoms with Crippen molar-refractivity contribution in [1.29, 1.82) is 0 Å². The van der Waals surface area contributed by atoms with Crippen molar-refractivity contribution in [1.82, 2.24) is 15.2 Å². The van der Waals surface area contributed by atoms with Gasteiger partial charge in [-0.15, -0.1) is 5.10 Å². The van der Waals surface area contributed by atoms with E-state index >= 15 is 0 Å². The molecular formula is C19H18N4O3S. The maximum absolute atomic E-state index is 12.2. The van der Waals surface area contributed by atoms with E-state index in [4.69, 9.17) is 4.74 Å². The van der Waals surface area contributed by atoms with Gasteiger partial charge in [-0.2, -0.15) is 0 Å². The number of thioether (sulfide) groups is 1. The lowest BCUT2D eigenvalue weighted by molar-refractivity contribution is -0.113. The van der Waals surface area contributed by atoms with Crippen molar-refractivity contribution in [2.45, 2.75) is 12.1 Å². The first kappa shape index (κ1) is 18.7. The molecule has 1 heterocycles. The van der Waals surface area contributed by atoms with E-state index in [0.717, 1.165) is 11.3 Å². The van der Waals surface area contributed by atoms with Gasteiger partial charge in [0.2, 0.25) is 11.1 Å². The van der Waals surface area contributed by atoms with E-state index in [0.29, 0.717) is 22.2 Å². The maximum Gasteiger partial charge on any atom is 0.234 e. The summed E-state index contributed by atoms with van der Waals surface area (Å²) in [4.78, 5) is 28.2. The van der Waals surface area contributed by atoms with Crippen molar-refractivity contribution in [2.75, 3.05) is 18.2 Å². The number of ether oxygens (including phenoxy) is 1. The Labute approximate surface area is 160 Å². The minimum atomic E-state index is -0.232. The first-order chi connectivity index (χ1) is 13.1. The summed E-state index contributed by atoms with van der Waals surface area (Å²) in [5.41, 5.74) is 1.86. The number of carbonyl (C=O) groups is 2. The average Bonchev–Trinajstić information content (AvgIpc) is 3.16. The van der Waals surface area contributed by atoms with E-state index in [1.54, 1.807) is 31.4 Å². The first-order valence-electron chi connectivity index (χ1n) is 8.16. The monoisotopic (exact) mass is 382 g/mol. The zero-order chi connectivity index (χ0) is 19.2. The number of nitrogens with one attached hydrogen (secondary N) is 2. The number of aromatic amines is 1. The van der Waals surface area contributed by atoms with Gasteiger partial charge >= 0.3 is 0 Å². The van der Waals surface area contributed by atoms with Crippen LogP contribution in [0.4, 0.5) is 5.69 Å².